The van der Waals surface area contributed by atoms with E-state index in [2.05, 4.69) is 9.97 Å². The van der Waals surface area contributed by atoms with Crippen LogP contribution in [0.5, 0.6) is 0 Å². The van der Waals surface area contributed by atoms with Crippen molar-refractivity contribution in [3.63, 3.8) is 0 Å². The molecule has 1 fully saturated rings. The molecule has 1 aromatic heterocycles. The molecule has 0 aromatic carbocycles. The minimum Gasteiger partial charge on any atom is -0.369 e. The van der Waals surface area contributed by atoms with E-state index in [0.29, 0.717) is 25.3 Å². The summed E-state index contributed by atoms with van der Waals surface area (Å²) in [5.41, 5.74) is 4.53. The fourth-order valence-corrected chi connectivity index (χ4v) is 1.91. The van der Waals surface area contributed by atoms with Crippen LogP contribution in [0, 0.1) is 5.41 Å². The topological polar surface area (TPSA) is 92.1 Å². The van der Waals surface area contributed by atoms with E-state index in [1.807, 2.05) is 6.92 Å². The lowest BCUT2D eigenvalue weighted by Gasteiger charge is -2.20. The largest absolute Gasteiger partial charge is 0.369 e. The summed E-state index contributed by atoms with van der Waals surface area (Å²) in [7, 11) is 0. The number of hydrogen-bond acceptors (Lipinski definition) is 4. The predicted octanol–water partition coefficient (Wildman–Crippen LogP) is -0.528. The third kappa shape index (κ3) is 1.66. The first-order valence-electron chi connectivity index (χ1n) is 5.11. The summed E-state index contributed by atoms with van der Waals surface area (Å²) in [4.78, 5) is 31.2. The lowest BCUT2D eigenvalue weighted by atomic mass is 9.89. The number of rotatable bonds is 2. The average molecular weight is 222 g/mol. The summed E-state index contributed by atoms with van der Waals surface area (Å²) in [6.07, 6.45) is 3.66. The van der Waals surface area contributed by atoms with E-state index in [-0.39, 0.29) is 11.5 Å². The molecule has 1 amide bonds. The summed E-state index contributed by atoms with van der Waals surface area (Å²) in [5, 5.41) is 0. The first kappa shape index (κ1) is 10.7. The van der Waals surface area contributed by atoms with Crippen LogP contribution < -0.4 is 16.2 Å². The Morgan fingerprint density at radius 1 is 1.69 bits per heavy atom. The minimum atomic E-state index is -0.566. The standard InChI is InChI=1S/C10H14N4O2/c1-10(9(11)16)2-5-14(6-10)7-8(15)13-4-3-12-7/h3-4H,2,5-6H2,1H3,(H2,11,16)(H,13,15). The molecule has 0 saturated carbocycles. The van der Waals surface area contributed by atoms with Crippen LogP contribution in [-0.4, -0.2) is 29.0 Å². The number of nitrogens with one attached hydrogen (secondary N) is 1. The van der Waals surface area contributed by atoms with Gasteiger partial charge >= 0.3 is 0 Å². The van der Waals surface area contributed by atoms with Crippen molar-refractivity contribution in [2.45, 2.75) is 13.3 Å². The molecule has 1 saturated heterocycles. The van der Waals surface area contributed by atoms with Gasteiger partial charge in [0.15, 0.2) is 5.82 Å². The molecule has 16 heavy (non-hydrogen) atoms. The zero-order chi connectivity index (χ0) is 11.8. The highest BCUT2D eigenvalue weighted by Crippen LogP contribution is 2.30. The third-order valence-corrected chi connectivity index (χ3v) is 3.06. The van der Waals surface area contributed by atoms with E-state index in [1.54, 1.807) is 4.90 Å². The predicted molar refractivity (Wildman–Crippen MR) is 59.0 cm³/mol. The van der Waals surface area contributed by atoms with Gasteiger partial charge in [0.05, 0.1) is 5.41 Å². The number of hydrogen-bond donors (Lipinski definition) is 2. The van der Waals surface area contributed by atoms with Crippen molar-refractivity contribution in [2.75, 3.05) is 18.0 Å². The second kappa shape index (κ2) is 3.62. The van der Waals surface area contributed by atoms with E-state index in [4.69, 9.17) is 5.73 Å². The van der Waals surface area contributed by atoms with Gasteiger partial charge in [-0.25, -0.2) is 4.98 Å². The number of nitrogens with two attached hydrogens (primary N) is 1. The van der Waals surface area contributed by atoms with Crippen LogP contribution in [0.25, 0.3) is 0 Å². The normalized spacial score (nSPS) is 24.7. The van der Waals surface area contributed by atoms with Crippen molar-refractivity contribution >= 4 is 11.7 Å². The highest BCUT2D eigenvalue weighted by atomic mass is 16.1. The fourth-order valence-electron chi connectivity index (χ4n) is 1.91. The van der Waals surface area contributed by atoms with Crippen LogP contribution in [-0.2, 0) is 4.79 Å². The molecule has 0 bridgehead atoms. The molecule has 2 rings (SSSR count). The van der Waals surface area contributed by atoms with E-state index < -0.39 is 5.41 Å². The quantitative estimate of drug-likeness (QED) is 0.703. The minimum absolute atomic E-state index is 0.240. The van der Waals surface area contributed by atoms with E-state index in [1.165, 1.54) is 12.4 Å². The maximum atomic E-state index is 11.5. The van der Waals surface area contributed by atoms with Crippen molar-refractivity contribution in [1.29, 1.82) is 0 Å². The Hall–Kier alpha value is -1.85. The Morgan fingerprint density at radius 2 is 2.44 bits per heavy atom. The summed E-state index contributed by atoms with van der Waals surface area (Å²) < 4.78 is 0. The SMILES string of the molecule is CC1(C(N)=O)CCN(c2ncc[nH]c2=O)C1. The lowest BCUT2D eigenvalue weighted by Crippen LogP contribution is -2.38. The van der Waals surface area contributed by atoms with Gasteiger partial charge in [-0.2, -0.15) is 0 Å². The Morgan fingerprint density at radius 3 is 3.00 bits per heavy atom. The molecular formula is C10H14N4O2. The zero-order valence-electron chi connectivity index (χ0n) is 9.06. The van der Waals surface area contributed by atoms with Crippen LogP contribution in [0.1, 0.15) is 13.3 Å². The van der Waals surface area contributed by atoms with Crippen molar-refractivity contribution in [3.05, 3.63) is 22.7 Å². The molecule has 2 heterocycles. The van der Waals surface area contributed by atoms with Crippen molar-refractivity contribution in [2.24, 2.45) is 11.1 Å². The van der Waals surface area contributed by atoms with Gasteiger partial charge in [-0.15, -0.1) is 0 Å². The maximum absolute atomic E-state index is 11.5. The molecule has 1 atom stereocenters. The highest BCUT2D eigenvalue weighted by molar-refractivity contribution is 5.81. The van der Waals surface area contributed by atoms with Gasteiger partial charge in [-0.3, -0.25) is 9.59 Å². The molecular weight excluding hydrogens is 208 g/mol. The lowest BCUT2D eigenvalue weighted by molar-refractivity contribution is -0.125. The molecule has 0 spiro atoms. The van der Waals surface area contributed by atoms with Crippen molar-refractivity contribution in [1.82, 2.24) is 9.97 Å². The number of anilines is 1. The smallest absolute Gasteiger partial charge is 0.290 e. The number of aromatic nitrogens is 2. The molecule has 1 aliphatic rings. The molecule has 0 aliphatic carbocycles. The van der Waals surface area contributed by atoms with Crippen LogP contribution in [0.2, 0.25) is 0 Å². The van der Waals surface area contributed by atoms with E-state index in [9.17, 15) is 9.59 Å². The highest BCUT2D eigenvalue weighted by Gasteiger charge is 2.39. The summed E-state index contributed by atoms with van der Waals surface area (Å²) in [5.74, 6) is 0.0230. The number of carbonyl (C=O) groups is 1. The first-order chi connectivity index (χ1) is 7.53. The van der Waals surface area contributed by atoms with E-state index >= 15 is 0 Å². The van der Waals surface area contributed by atoms with Crippen LogP contribution in [0.3, 0.4) is 0 Å². The van der Waals surface area contributed by atoms with Crippen LogP contribution in [0.15, 0.2) is 17.2 Å². The Labute approximate surface area is 92.5 Å². The number of amides is 1. The number of nitrogens with zero attached hydrogens (tertiary/aromatic N) is 2. The van der Waals surface area contributed by atoms with Crippen LogP contribution >= 0.6 is 0 Å². The van der Waals surface area contributed by atoms with Crippen molar-refractivity contribution in [3.8, 4) is 0 Å². The van der Waals surface area contributed by atoms with Gasteiger partial charge in [0, 0.05) is 25.5 Å². The molecule has 1 aliphatic heterocycles. The number of H-pyrrole nitrogens is 1. The van der Waals surface area contributed by atoms with Crippen molar-refractivity contribution < 1.29 is 4.79 Å². The molecule has 6 nitrogen and oxygen atoms in total. The van der Waals surface area contributed by atoms with Gasteiger partial charge in [-0.1, -0.05) is 0 Å². The monoisotopic (exact) mass is 222 g/mol. The maximum Gasteiger partial charge on any atom is 0.290 e. The van der Waals surface area contributed by atoms with Gasteiger partial charge in [0.2, 0.25) is 5.91 Å². The molecule has 1 unspecified atom stereocenters. The Bertz CT molecular complexity index is 470. The number of carbonyl (C=O) groups excluding carboxylic acids is 1. The van der Waals surface area contributed by atoms with Gasteiger partial charge in [0.1, 0.15) is 0 Å². The number of primary amides is 1. The molecule has 0 radical (unpaired) electrons. The molecule has 6 heteroatoms. The summed E-state index contributed by atoms with van der Waals surface area (Å²) >= 11 is 0. The van der Waals surface area contributed by atoms with E-state index in [0.717, 1.165) is 0 Å². The Balaban J connectivity index is 2.25. The summed E-state index contributed by atoms with van der Waals surface area (Å²) in [6.45, 7) is 2.88. The van der Waals surface area contributed by atoms with Crippen LogP contribution in [0.4, 0.5) is 5.82 Å². The second-order valence-electron chi connectivity index (χ2n) is 4.34. The third-order valence-electron chi connectivity index (χ3n) is 3.06. The molecule has 3 N–H and O–H groups in total. The molecule has 1 aromatic rings. The summed E-state index contributed by atoms with van der Waals surface area (Å²) in [6, 6.07) is 0. The van der Waals surface area contributed by atoms with Gasteiger partial charge in [-0.05, 0) is 13.3 Å². The fraction of sp³-hybridized carbons (Fsp3) is 0.500. The second-order valence-corrected chi connectivity index (χ2v) is 4.34. The average Bonchev–Trinajstić information content (AvgIpc) is 2.63. The number of aromatic amines is 1. The molecule has 86 valence electrons. The Kier molecular flexibility index (Phi) is 2.41. The first-order valence-corrected chi connectivity index (χ1v) is 5.11. The zero-order valence-corrected chi connectivity index (χ0v) is 9.06. The van der Waals surface area contributed by atoms with Gasteiger partial charge < -0.3 is 15.6 Å². The van der Waals surface area contributed by atoms with Gasteiger partial charge in [0.25, 0.3) is 5.56 Å².